The summed E-state index contributed by atoms with van der Waals surface area (Å²) >= 11 is 0. The predicted molar refractivity (Wildman–Crippen MR) is 89.4 cm³/mol. The minimum absolute atomic E-state index is 0.0603. The van der Waals surface area contributed by atoms with Gasteiger partial charge >= 0.3 is 5.97 Å². The highest BCUT2D eigenvalue weighted by Gasteiger charge is 2.13. The maximum absolute atomic E-state index is 11.2. The number of carboxylic acid groups (broad SMARTS) is 1. The third-order valence-corrected chi connectivity index (χ3v) is 3.37. The van der Waals surface area contributed by atoms with Crippen LogP contribution in [0.2, 0.25) is 0 Å². The minimum atomic E-state index is -1.05. The van der Waals surface area contributed by atoms with Gasteiger partial charge in [-0.1, -0.05) is 6.92 Å². The molecule has 23 heavy (non-hydrogen) atoms. The van der Waals surface area contributed by atoms with Crippen LogP contribution in [0.3, 0.4) is 0 Å². The highest BCUT2D eigenvalue weighted by molar-refractivity contribution is 5.93. The Morgan fingerprint density at radius 2 is 2.22 bits per heavy atom. The number of anilines is 3. The maximum Gasteiger partial charge on any atom is 0.341 e. The van der Waals surface area contributed by atoms with Gasteiger partial charge in [0.05, 0.1) is 0 Å². The van der Waals surface area contributed by atoms with E-state index < -0.39 is 5.97 Å². The molecule has 7 heteroatoms. The van der Waals surface area contributed by atoms with Crippen LogP contribution in [0, 0.1) is 0 Å². The van der Waals surface area contributed by atoms with Gasteiger partial charge in [0, 0.05) is 35.5 Å². The molecular weight excluding hydrogens is 294 g/mol. The molecule has 0 bridgehead atoms. The molecule has 0 unspecified atom stereocenters. The lowest BCUT2D eigenvalue weighted by Crippen LogP contribution is -2.11. The molecule has 0 aliphatic rings. The first-order chi connectivity index (χ1) is 11.2. The topological polar surface area (TPSA) is 103 Å². The van der Waals surface area contributed by atoms with Gasteiger partial charge in [-0.25, -0.2) is 9.78 Å². The highest BCUT2D eigenvalue weighted by Crippen LogP contribution is 2.21. The van der Waals surface area contributed by atoms with E-state index in [4.69, 9.17) is 0 Å². The van der Waals surface area contributed by atoms with Crippen molar-refractivity contribution in [1.29, 1.82) is 0 Å². The van der Waals surface area contributed by atoms with E-state index >= 15 is 0 Å². The molecule has 118 valence electrons. The van der Waals surface area contributed by atoms with Crippen LogP contribution >= 0.6 is 0 Å². The summed E-state index contributed by atoms with van der Waals surface area (Å²) < 4.78 is 0. The molecule has 0 amide bonds. The van der Waals surface area contributed by atoms with Gasteiger partial charge in [0.15, 0.2) is 0 Å². The molecule has 0 spiro atoms. The standard InChI is InChI=1S/C16H17N5O2/c1-2-6-18-14-12(15(22)23)9-19-16(21-14)20-11-3-4-13-10(8-11)5-7-17-13/h3-5,7-9,17H,2,6H2,1H3,(H,22,23)(H2,18,19,20,21). The van der Waals surface area contributed by atoms with Crippen molar-refractivity contribution in [3.63, 3.8) is 0 Å². The zero-order valence-electron chi connectivity index (χ0n) is 12.6. The van der Waals surface area contributed by atoms with Crippen molar-refractivity contribution in [2.24, 2.45) is 0 Å². The second-order valence-corrected chi connectivity index (χ2v) is 5.09. The molecule has 0 saturated carbocycles. The molecule has 3 rings (SSSR count). The number of aromatic amines is 1. The van der Waals surface area contributed by atoms with Crippen LogP contribution in [0.5, 0.6) is 0 Å². The van der Waals surface area contributed by atoms with Crippen molar-refractivity contribution < 1.29 is 9.90 Å². The molecule has 0 atom stereocenters. The Labute approximate surface area is 132 Å². The number of carboxylic acids is 1. The van der Waals surface area contributed by atoms with Gasteiger partial charge in [-0.15, -0.1) is 0 Å². The van der Waals surface area contributed by atoms with Gasteiger partial charge in [0.25, 0.3) is 0 Å². The van der Waals surface area contributed by atoms with E-state index in [-0.39, 0.29) is 5.56 Å². The minimum Gasteiger partial charge on any atom is -0.477 e. The number of aromatic carboxylic acids is 1. The van der Waals surface area contributed by atoms with Crippen molar-refractivity contribution in [1.82, 2.24) is 15.0 Å². The number of benzene rings is 1. The number of aromatic nitrogens is 3. The first-order valence-electron chi connectivity index (χ1n) is 7.35. The fourth-order valence-electron chi connectivity index (χ4n) is 2.24. The summed E-state index contributed by atoms with van der Waals surface area (Å²) in [6.07, 6.45) is 4.06. The molecule has 4 N–H and O–H groups in total. The van der Waals surface area contributed by atoms with E-state index in [0.29, 0.717) is 18.3 Å². The first-order valence-corrected chi connectivity index (χ1v) is 7.35. The van der Waals surface area contributed by atoms with E-state index in [9.17, 15) is 9.90 Å². The van der Waals surface area contributed by atoms with Crippen molar-refractivity contribution >= 4 is 34.3 Å². The number of carbonyl (C=O) groups is 1. The second kappa shape index (κ2) is 6.35. The second-order valence-electron chi connectivity index (χ2n) is 5.09. The summed E-state index contributed by atoms with van der Waals surface area (Å²) in [5.74, 6) is -0.382. The van der Waals surface area contributed by atoms with Crippen LogP contribution in [-0.2, 0) is 0 Å². The molecule has 1 aromatic carbocycles. The number of H-pyrrole nitrogens is 1. The summed E-state index contributed by atoms with van der Waals surface area (Å²) in [4.78, 5) is 22.7. The van der Waals surface area contributed by atoms with Gasteiger partial charge in [-0.2, -0.15) is 4.98 Å². The lowest BCUT2D eigenvalue weighted by atomic mass is 10.2. The number of fused-ring (bicyclic) bond motifs is 1. The number of hydrogen-bond donors (Lipinski definition) is 4. The van der Waals surface area contributed by atoms with Gasteiger partial charge in [0.1, 0.15) is 11.4 Å². The van der Waals surface area contributed by atoms with Crippen LogP contribution in [-0.4, -0.2) is 32.6 Å². The van der Waals surface area contributed by atoms with Gasteiger partial charge in [0.2, 0.25) is 5.95 Å². The normalized spacial score (nSPS) is 10.7. The molecule has 2 aromatic heterocycles. The summed E-state index contributed by atoms with van der Waals surface area (Å²) in [5.41, 5.74) is 1.94. The Morgan fingerprint density at radius 3 is 3.00 bits per heavy atom. The fourth-order valence-corrected chi connectivity index (χ4v) is 2.24. The third-order valence-electron chi connectivity index (χ3n) is 3.37. The van der Waals surface area contributed by atoms with Crippen LogP contribution < -0.4 is 10.6 Å². The highest BCUT2D eigenvalue weighted by atomic mass is 16.4. The molecule has 2 heterocycles. The molecule has 0 radical (unpaired) electrons. The Hall–Kier alpha value is -3.09. The first kappa shape index (κ1) is 14.8. The number of nitrogens with zero attached hydrogens (tertiary/aromatic N) is 2. The summed E-state index contributed by atoms with van der Waals surface area (Å²) in [6.45, 7) is 2.64. The number of hydrogen-bond acceptors (Lipinski definition) is 5. The molecule has 7 nitrogen and oxygen atoms in total. The van der Waals surface area contributed by atoms with E-state index in [1.54, 1.807) is 0 Å². The van der Waals surface area contributed by atoms with Crippen molar-refractivity contribution in [2.45, 2.75) is 13.3 Å². The molecule has 0 saturated heterocycles. The van der Waals surface area contributed by atoms with Crippen LogP contribution in [0.25, 0.3) is 10.9 Å². The van der Waals surface area contributed by atoms with Gasteiger partial charge in [-0.05, 0) is 30.7 Å². The van der Waals surface area contributed by atoms with Crippen molar-refractivity contribution in [3.05, 3.63) is 42.2 Å². The molecular formula is C16H17N5O2. The Bertz CT molecular complexity index is 843. The molecule has 0 fully saturated rings. The lowest BCUT2D eigenvalue weighted by molar-refractivity contribution is 0.0697. The predicted octanol–water partition coefficient (Wildman–Crippen LogP) is 3.22. The van der Waals surface area contributed by atoms with E-state index in [0.717, 1.165) is 23.0 Å². The van der Waals surface area contributed by atoms with Crippen molar-refractivity contribution in [3.8, 4) is 0 Å². The third kappa shape index (κ3) is 3.23. The Balaban J connectivity index is 1.88. The van der Waals surface area contributed by atoms with E-state index in [2.05, 4.69) is 25.6 Å². The fraction of sp³-hybridized carbons (Fsp3) is 0.188. The SMILES string of the molecule is CCCNc1nc(Nc2ccc3[nH]ccc3c2)ncc1C(=O)O. The average molecular weight is 311 g/mol. The number of nitrogens with one attached hydrogen (secondary N) is 3. The Kier molecular flexibility index (Phi) is 4.09. The average Bonchev–Trinajstić information content (AvgIpc) is 3.00. The van der Waals surface area contributed by atoms with E-state index in [1.807, 2.05) is 37.4 Å². The van der Waals surface area contributed by atoms with Crippen LogP contribution in [0.4, 0.5) is 17.5 Å². The largest absolute Gasteiger partial charge is 0.477 e. The maximum atomic E-state index is 11.2. The van der Waals surface area contributed by atoms with Crippen LogP contribution in [0.1, 0.15) is 23.7 Å². The zero-order chi connectivity index (χ0) is 16.2. The molecule has 3 aromatic rings. The molecule has 0 aliphatic heterocycles. The Morgan fingerprint density at radius 1 is 1.35 bits per heavy atom. The zero-order valence-corrected chi connectivity index (χ0v) is 12.6. The monoisotopic (exact) mass is 311 g/mol. The van der Waals surface area contributed by atoms with Gasteiger partial charge < -0.3 is 20.7 Å². The van der Waals surface area contributed by atoms with Gasteiger partial charge in [-0.3, -0.25) is 0 Å². The van der Waals surface area contributed by atoms with E-state index in [1.165, 1.54) is 6.20 Å². The quantitative estimate of drug-likeness (QED) is 0.557. The van der Waals surface area contributed by atoms with Crippen LogP contribution in [0.15, 0.2) is 36.7 Å². The van der Waals surface area contributed by atoms with Crippen molar-refractivity contribution in [2.75, 3.05) is 17.2 Å². The molecule has 0 aliphatic carbocycles. The summed E-state index contributed by atoms with van der Waals surface area (Å²) in [6, 6.07) is 7.81. The lowest BCUT2D eigenvalue weighted by Gasteiger charge is -2.10. The smallest absolute Gasteiger partial charge is 0.341 e. The summed E-state index contributed by atoms with van der Waals surface area (Å²) in [5, 5.41) is 16.4. The summed E-state index contributed by atoms with van der Waals surface area (Å²) in [7, 11) is 0. The number of rotatable bonds is 6.